The predicted molar refractivity (Wildman–Crippen MR) is 64.3 cm³/mol. The molecule has 2 heterocycles. The molecule has 2 aliphatic rings. The summed E-state index contributed by atoms with van der Waals surface area (Å²) in [5.41, 5.74) is 0. The van der Waals surface area contributed by atoms with Gasteiger partial charge >= 0.3 is 0 Å². The Balaban J connectivity index is 1.65. The third-order valence-electron chi connectivity index (χ3n) is 3.55. The molecule has 0 bridgehead atoms. The molecule has 2 N–H and O–H groups in total. The molecule has 4 heteroatoms. The van der Waals surface area contributed by atoms with Crippen molar-refractivity contribution in [1.29, 1.82) is 0 Å². The second kappa shape index (κ2) is 6.21. The highest BCUT2D eigenvalue weighted by atomic mass is 16.2. The lowest BCUT2D eigenvalue weighted by atomic mass is 10.1. The fourth-order valence-corrected chi connectivity index (χ4v) is 2.54. The van der Waals surface area contributed by atoms with Gasteiger partial charge in [-0.05, 0) is 45.2 Å². The van der Waals surface area contributed by atoms with E-state index in [1.165, 1.54) is 25.9 Å². The van der Waals surface area contributed by atoms with Crippen LogP contribution in [-0.4, -0.2) is 49.6 Å². The van der Waals surface area contributed by atoms with Gasteiger partial charge in [-0.1, -0.05) is 0 Å². The van der Waals surface area contributed by atoms with Crippen molar-refractivity contribution < 1.29 is 4.79 Å². The number of carbonyl (C=O) groups is 1. The van der Waals surface area contributed by atoms with Crippen LogP contribution in [0.1, 0.15) is 32.1 Å². The minimum absolute atomic E-state index is 0.0464. The fraction of sp³-hybridized carbons (Fsp3) is 0.917. The van der Waals surface area contributed by atoms with Crippen molar-refractivity contribution in [2.24, 2.45) is 0 Å². The van der Waals surface area contributed by atoms with Crippen molar-refractivity contribution in [3.8, 4) is 0 Å². The van der Waals surface area contributed by atoms with Gasteiger partial charge in [0.15, 0.2) is 0 Å². The molecule has 0 aliphatic carbocycles. The van der Waals surface area contributed by atoms with E-state index in [-0.39, 0.29) is 11.9 Å². The average Bonchev–Trinajstić information content (AvgIpc) is 2.71. The second-order valence-corrected chi connectivity index (χ2v) is 4.84. The first kappa shape index (κ1) is 11.9. The van der Waals surface area contributed by atoms with Gasteiger partial charge in [0.2, 0.25) is 5.91 Å². The number of carbonyl (C=O) groups excluding carboxylic acids is 1. The molecule has 0 radical (unpaired) electrons. The van der Waals surface area contributed by atoms with E-state index in [0.717, 1.165) is 38.9 Å². The molecule has 0 aromatic rings. The van der Waals surface area contributed by atoms with Gasteiger partial charge in [0.1, 0.15) is 0 Å². The number of likely N-dealkylation sites (tertiary alicyclic amines) is 1. The predicted octanol–water partition coefficient (Wildman–Crippen LogP) is 0.341. The minimum atomic E-state index is 0.0464. The highest BCUT2D eigenvalue weighted by molar-refractivity contribution is 5.81. The standard InChI is InChI=1S/C12H23N3O/c16-12-11(5-1-2-6-14-12)13-7-10-15-8-3-4-9-15/h11,13H,1-10H2,(H,14,16). The fourth-order valence-electron chi connectivity index (χ4n) is 2.54. The van der Waals surface area contributed by atoms with Crippen LogP contribution in [0.25, 0.3) is 0 Å². The maximum absolute atomic E-state index is 11.7. The van der Waals surface area contributed by atoms with Gasteiger partial charge in [-0.2, -0.15) is 0 Å². The number of rotatable bonds is 4. The third kappa shape index (κ3) is 3.46. The second-order valence-electron chi connectivity index (χ2n) is 4.84. The smallest absolute Gasteiger partial charge is 0.237 e. The van der Waals surface area contributed by atoms with Crippen LogP contribution in [0.5, 0.6) is 0 Å². The Morgan fingerprint density at radius 3 is 2.88 bits per heavy atom. The molecule has 2 fully saturated rings. The summed E-state index contributed by atoms with van der Waals surface area (Å²) in [6.45, 7) is 5.35. The van der Waals surface area contributed by atoms with Crippen molar-refractivity contribution in [3.05, 3.63) is 0 Å². The Bertz CT molecular complexity index is 226. The summed E-state index contributed by atoms with van der Waals surface area (Å²) in [7, 11) is 0. The number of nitrogens with one attached hydrogen (secondary N) is 2. The minimum Gasteiger partial charge on any atom is -0.355 e. The highest BCUT2D eigenvalue weighted by Crippen LogP contribution is 2.07. The van der Waals surface area contributed by atoms with Gasteiger partial charge in [-0.15, -0.1) is 0 Å². The largest absolute Gasteiger partial charge is 0.355 e. The van der Waals surface area contributed by atoms with Gasteiger partial charge in [0, 0.05) is 19.6 Å². The summed E-state index contributed by atoms with van der Waals surface area (Å²) in [6, 6.07) is 0.0464. The Morgan fingerprint density at radius 2 is 2.06 bits per heavy atom. The summed E-state index contributed by atoms with van der Waals surface area (Å²) in [6.07, 6.45) is 5.94. The summed E-state index contributed by atoms with van der Waals surface area (Å²) in [4.78, 5) is 14.1. The summed E-state index contributed by atoms with van der Waals surface area (Å²) in [5.74, 6) is 0.193. The third-order valence-corrected chi connectivity index (χ3v) is 3.55. The van der Waals surface area contributed by atoms with Crippen LogP contribution >= 0.6 is 0 Å². The summed E-state index contributed by atoms with van der Waals surface area (Å²) >= 11 is 0. The molecule has 1 amide bonds. The molecule has 0 spiro atoms. The van der Waals surface area contributed by atoms with Crippen LogP contribution in [-0.2, 0) is 4.79 Å². The van der Waals surface area contributed by atoms with Gasteiger partial charge in [0.05, 0.1) is 6.04 Å². The summed E-state index contributed by atoms with van der Waals surface area (Å²) < 4.78 is 0. The molecule has 16 heavy (non-hydrogen) atoms. The lowest BCUT2D eigenvalue weighted by molar-refractivity contribution is -0.122. The Morgan fingerprint density at radius 1 is 1.25 bits per heavy atom. The molecule has 2 saturated heterocycles. The Kier molecular flexibility index (Phi) is 4.60. The van der Waals surface area contributed by atoms with Crippen molar-refractivity contribution in [2.75, 3.05) is 32.7 Å². The topological polar surface area (TPSA) is 44.4 Å². The molecule has 0 aromatic heterocycles. The van der Waals surface area contributed by atoms with Crippen LogP contribution in [0.3, 0.4) is 0 Å². The van der Waals surface area contributed by atoms with E-state index in [2.05, 4.69) is 15.5 Å². The normalized spacial score (nSPS) is 27.8. The lowest BCUT2D eigenvalue weighted by Gasteiger charge is -2.18. The zero-order valence-electron chi connectivity index (χ0n) is 10.0. The van der Waals surface area contributed by atoms with Gasteiger partial charge in [-0.25, -0.2) is 0 Å². The van der Waals surface area contributed by atoms with E-state index < -0.39 is 0 Å². The maximum atomic E-state index is 11.7. The van der Waals surface area contributed by atoms with Gasteiger partial charge in [-0.3, -0.25) is 4.79 Å². The molecule has 1 unspecified atom stereocenters. The van der Waals surface area contributed by atoms with Crippen LogP contribution in [0.2, 0.25) is 0 Å². The van der Waals surface area contributed by atoms with Crippen molar-refractivity contribution in [1.82, 2.24) is 15.5 Å². The molecule has 0 saturated carbocycles. The molecule has 4 nitrogen and oxygen atoms in total. The molecule has 1 atom stereocenters. The van der Waals surface area contributed by atoms with Crippen molar-refractivity contribution in [2.45, 2.75) is 38.1 Å². The Hall–Kier alpha value is -0.610. The van der Waals surface area contributed by atoms with Crippen LogP contribution < -0.4 is 10.6 Å². The SMILES string of the molecule is O=C1NCCCCC1NCCN1CCCC1. The maximum Gasteiger partial charge on any atom is 0.237 e. The van der Waals surface area contributed by atoms with E-state index in [1.807, 2.05) is 0 Å². The number of nitrogens with zero attached hydrogens (tertiary/aromatic N) is 1. The van der Waals surface area contributed by atoms with Gasteiger partial charge in [0.25, 0.3) is 0 Å². The molecular formula is C12H23N3O. The first-order valence-electron chi connectivity index (χ1n) is 6.60. The van der Waals surface area contributed by atoms with E-state index in [4.69, 9.17) is 0 Å². The number of hydrogen-bond donors (Lipinski definition) is 2. The first-order valence-corrected chi connectivity index (χ1v) is 6.60. The van der Waals surface area contributed by atoms with Crippen LogP contribution in [0.15, 0.2) is 0 Å². The zero-order valence-corrected chi connectivity index (χ0v) is 10.0. The van der Waals surface area contributed by atoms with E-state index in [9.17, 15) is 4.79 Å². The first-order chi connectivity index (χ1) is 7.86. The highest BCUT2D eigenvalue weighted by Gasteiger charge is 2.20. The van der Waals surface area contributed by atoms with E-state index in [1.54, 1.807) is 0 Å². The molecule has 0 aromatic carbocycles. The average molecular weight is 225 g/mol. The van der Waals surface area contributed by atoms with Crippen LogP contribution in [0, 0.1) is 0 Å². The number of hydrogen-bond acceptors (Lipinski definition) is 3. The molecule has 92 valence electrons. The lowest BCUT2D eigenvalue weighted by Crippen LogP contribution is -2.45. The van der Waals surface area contributed by atoms with Gasteiger partial charge < -0.3 is 15.5 Å². The molecule has 2 aliphatic heterocycles. The quantitative estimate of drug-likeness (QED) is 0.725. The van der Waals surface area contributed by atoms with Crippen molar-refractivity contribution in [3.63, 3.8) is 0 Å². The zero-order chi connectivity index (χ0) is 11.2. The Labute approximate surface area is 97.8 Å². The molecular weight excluding hydrogens is 202 g/mol. The molecule has 2 rings (SSSR count). The number of amides is 1. The monoisotopic (exact) mass is 225 g/mol. The van der Waals surface area contributed by atoms with Crippen LogP contribution in [0.4, 0.5) is 0 Å². The van der Waals surface area contributed by atoms with Crippen molar-refractivity contribution >= 4 is 5.91 Å². The summed E-state index contributed by atoms with van der Waals surface area (Å²) in [5, 5.41) is 6.34. The van der Waals surface area contributed by atoms with E-state index >= 15 is 0 Å². The van der Waals surface area contributed by atoms with E-state index in [0.29, 0.717) is 0 Å².